The van der Waals surface area contributed by atoms with Gasteiger partial charge in [-0.05, 0) is 35.7 Å². The first-order valence-corrected chi connectivity index (χ1v) is 7.19. The van der Waals surface area contributed by atoms with Gasteiger partial charge in [0.2, 0.25) is 0 Å². The van der Waals surface area contributed by atoms with Crippen LogP contribution in [0.25, 0.3) is 0 Å². The van der Waals surface area contributed by atoms with E-state index in [1.165, 1.54) is 16.2 Å². The molecule has 0 amide bonds. The fourth-order valence-corrected chi connectivity index (χ4v) is 4.47. The topological polar surface area (TPSA) is 63.3 Å². The molecule has 3 N–H and O–H groups in total. The lowest BCUT2D eigenvalue weighted by Gasteiger charge is -2.39. The van der Waals surface area contributed by atoms with Gasteiger partial charge in [0.25, 0.3) is 0 Å². The number of thiophene rings is 1. The number of carboxylic acid groups (broad SMARTS) is 1. The van der Waals surface area contributed by atoms with E-state index in [0.717, 1.165) is 18.4 Å². The first kappa shape index (κ1) is 13.4. The number of aromatic carboxylic acids is 1. The third-order valence-corrected chi connectivity index (χ3v) is 5.00. The average molecular weight is 267 g/mol. The second-order valence-corrected chi connectivity index (χ2v) is 7.48. The van der Waals surface area contributed by atoms with E-state index in [2.05, 4.69) is 27.7 Å². The van der Waals surface area contributed by atoms with Gasteiger partial charge < -0.3 is 10.8 Å². The normalized spacial score (nSPS) is 23.8. The van der Waals surface area contributed by atoms with Crippen molar-refractivity contribution in [2.45, 2.75) is 46.5 Å². The molecule has 0 fully saturated rings. The van der Waals surface area contributed by atoms with Crippen LogP contribution in [0.15, 0.2) is 0 Å². The summed E-state index contributed by atoms with van der Waals surface area (Å²) in [6.45, 7) is 8.77. The van der Waals surface area contributed by atoms with Crippen LogP contribution < -0.4 is 5.73 Å². The summed E-state index contributed by atoms with van der Waals surface area (Å²) in [6.07, 6.45) is 2.08. The summed E-state index contributed by atoms with van der Waals surface area (Å²) in [4.78, 5) is 12.6. The Balaban J connectivity index is 2.65. The van der Waals surface area contributed by atoms with Crippen LogP contribution in [0.3, 0.4) is 0 Å². The van der Waals surface area contributed by atoms with Crippen LogP contribution >= 0.6 is 11.3 Å². The maximum absolute atomic E-state index is 11.5. The second kappa shape index (κ2) is 4.26. The highest BCUT2D eigenvalue weighted by atomic mass is 32.1. The average Bonchev–Trinajstić information content (AvgIpc) is 2.51. The maximum Gasteiger partial charge on any atom is 0.338 e. The van der Waals surface area contributed by atoms with Gasteiger partial charge in [-0.25, -0.2) is 4.79 Å². The molecule has 0 bridgehead atoms. The molecule has 0 radical (unpaired) electrons. The summed E-state index contributed by atoms with van der Waals surface area (Å²) in [6, 6.07) is 0. The fourth-order valence-electron chi connectivity index (χ4n) is 3.34. The van der Waals surface area contributed by atoms with Gasteiger partial charge >= 0.3 is 5.97 Å². The van der Waals surface area contributed by atoms with E-state index >= 15 is 0 Å². The van der Waals surface area contributed by atoms with Crippen molar-refractivity contribution in [1.82, 2.24) is 0 Å². The number of aryl methyl sites for hydroxylation is 1. The molecule has 1 aromatic heterocycles. The van der Waals surface area contributed by atoms with Gasteiger partial charge in [0.1, 0.15) is 5.00 Å². The Kier molecular flexibility index (Phi) is 3.18. The Morgan fingerprint density at radius 2 is 2.06 bits per heavy atom. The van der Waals surface area contributed by atoms with Gasteiger partial charge in [0.05, 0.1) is 5.56 Å². The second-order valence-electron chi connectivity index (χ2n) is 6.34. The number of carboxylic acids is 1. The summed E-state index contributed by atoms with van der Waals surface area (Å²) in [7, 11) is 0. The highest BCUT2D eigenvalue weighted by Gasteiger charge is 2.40. The van der Waals surface area contributed by atoms with Crippen molar-refractivity contribution < 1.29 is 9.90 Å². The lowest BCUT2D eigenvalue weighted by atomic mass is 9.65. The molecule has 1 aliphatic carbocycles. The number of nitrogens with two attached hydrogens (primary N) is 1. The minimum absolute atomic E-state index is 0.0618. The molecule has 2 atom stereocenters. The van der Waals surface area contributed by atoms with E-state index in [1.807, 2.05) is 0 Å². The number of rotatable bonds is 1. The first-order chi connectivity index (χ1) is 8.23. The van der Waals surface area contributed by atoms with Crippen molar-refractivity contribution in [1.29, 1.82) is 0 Å². The molecule has 1 aromatic rings. The van der Waals surface area contributed by atoms with Gasteiger partial charge in [-0.2, -0.15) is 0 Å². The molecule has 0 aliphatic heterocycles. The molecule has 2 rings (SSSR count). The van der Waals surface area contributed by atoms with Crippen molar-refractivity contribution >= 4 is 22.3 Å². The Hall–Kier alpha value is -1.03. The Labute approximate surface area is 112 Å². The van der Waals surface area contributed by atoms with E-state index in [-0.39, 0.29) is 11.3 Å². The van der Waals surface area contributed by atoms with Gasteiger partial charge in [0.15, 0.2) is 0 Å². The molecule has 100 valence electrons. The van der Waals surface area contributed by atoms with Crippen LogP contribution in [0.1, 0.15) is 60.8 Å². The maximum atomic E-state index is 11.5. The number of carbonyl (C=O) groups is 1. The van der Waals surface area contributed by atoms with Crippen LogP contribution in [-0.2, 0) is 6.42 Å². The van der Waals surface area contributed by atoms with E-state index in [1.54, 1.807) is 0 Å². The molecule has 4 heteroatoms. The Morgan fingerprint density at radius 3 is 2.56 bits per heavy atom. The predicted molar refractivity (Wildman–Crippen MR) is 75.4 cm³/mol. The van der Waals surface area contributed by atoms with Gasteiger partial charge in [-0.3, -0.25) is 0 Å². The van der Waals surface area contributed by atoms with Crippen LogP contribution in [0, 0.1) is 11.3 Å². The molecular weight excluding hydrogens is 246 g/mol. The van der Waals surface area contributed by atoms with Crippen molar-refractivity contribution in [2.75, 3.05) is 5.73 Å². The summed E-state index contributed by atoms with van der Waals surface area (Å²) >= 11 is 1.46. The smallest absolute Gasteiger partial charge is 0.338 e. The summed E-state index contributed by atoms with van der Waals surface area (Å²) in [5.74, 6) is -0.0983. The zero-order valence-corrected chi connectivity index (χ0v) is 12.2. The number of nitrogen functional groups attached to an aromatic ring is 1. The monoisotopic (exact) mass is 267 g/mol. The lowest BCUT2D eigenvalue weighted by Crippen LogP contribution is -2.30. The quantitative estimate of drug-likeness (QED) is 0.814. The van der Waals surface area contributed by atoms with Crippen LogP contribution in [0.5, 0.6) is 0 Å². The number of fused-ring (bicyclic) bond motifs is 1. The van der Waals surface area contributed by atoms with Crippen LogP contribution in [0.2, 0.25) is 0 Å². The molecule has 0 saturated carbocycles. The number of hydrogen-bond donors (Lipinski definition) is 2. The summed E-state index contributed by atoms with van der Waals surface area (Å²) < 4.78 is 0. The minimum Gasteiger partial charge on any atom is -0.478 e. The van der Waals surface area contributed by atoms with Crippen LogP contribution in [0.4, 0.5) is 5.00 Å². The minimum atomic E-state index is -0.881. The zero-order valence-electron chi connectivity index (χ0n) is 11.4. The summed E-state index contributed by atoms with van der Waals surface area (Å²) in [5, 5.41) is 9.88. The molecule has 1 aliphatic rings. The number of anilines is 1. The molecule has 2 unspecified atom stereocenters. The molecule has 0 aromatic carbocycles. The van der Waals surface area contributed by atoms with Gasteiger partial charge in [0, 0.05) is 4.88 Å². The summed E-state index contributed by atoms with van der Waals surface area (Å²) in [5.41, 5.74) is 7.35. The fraction of sp³-hybridized carbons (Fsp3) is 0.643. The lowest BCUT2D eigenvalue weighted by molar-refractivity contribution is 0.0694. The molecule has 18 heavy (non-hydrogen) atoms. The van der Waals surface area contributed by atoms with Crippen molar-refractivity contribution in [3.8, 4) is 0 Å². The third-order valence-electron chi connectivity index (χ3n) is 3.90. The van der Waals surface area contributed by atoms with Crippen LogP contribution in [-0.4, -0.2) is 11.1 Å². The molecule has 3 nitrogen and oxygen atoms in total. The standard InChI is InChI=1S/C14H21NO2S/c1-7-5-6-8-9(11(7)14(2,3)4)10(13(16)17)12(15)18-8/h7,11H,5-6,15H2,1-4H3,(H,16,17). The van der Waals surface area contributed by atoms with E-state index < -0.39 is 5.97 Å². The first-order valence-electron chi connectivity index (χ1n) is 6.37. The van der Waals surface area contributed by atoms with Crippen molar-refractivity contribution in [3.63, 3.8) is 0 Å². The Morgan fingerprint density at radius 1 is 1.44 bits per heavy atom. The molecular formula is C14H21NO2S. The zero-order chi connectivity index (χ0) is 13.7. The third kappa shape index (κ3) is 2.03. The number of hydrogen-bond acceptors (Lipinski definition) is 3. The van der Waals surface area contributed by atoms with E-state index in [9.17, 15) is 9.90 Å². The highest BCUT2D eigenvalue weighted by molar-refractivity contribution is 7.16. The molecule has 0 saturated heterocycles. The largest absolute Gasteiger partial charge is 0.478 e. The van der Waals surface area contributed by atoms with Crippen molar-refractivity contribution in [2.24, 2.45) is 11.3 Å². The SMILES string of the molecule is CC1CCc2sc(N)c(C(=O)O)c2C1C(C)(C)C. The van der Waals surface area contributed by atoms with Crippen molar-refractivity contribution in [3.05, 3.63) is 16.0 Å². The highest BCUT2D eigenvalue weighted by Crippen LogP contribution is 2.51. The van der Waals surface area contributed by atoms with E-state index in [4.69, 9.17) is 5.73 Å². The molecule has 1 heterocycles. The van der Waals surface area contributed by atoms with Gasteiger partial charge in [-0.15, -0.1) is 11.3 Å². The van der Waals surface area contributed by atoms with Gasteiger partial charge in [-0.1, -0.05) is 27.7 Å². The predicted octanol–water partition coefficient (Wildman–Crippen LogP) is 3.74. The molecule has 0 spiro atoms. The van der Waals surface area contributed by atoms with E-state index in [0.29, 0.717) is 16.5 Å². The Bertz CT molecular complexity index is 485.